The molecule has 0 aliphatic heterocycles. The molecule has 0 atom stereocenters. The maximum absolute atomic E-state index is 12.8. The summed E-state index contributed by atoms with van der Waals surface area (Å²) in [7, 11) is 1.54. The zero-order chi connectivity index (χ0) is 14.8. The Morgan fingerprint density at radius 2 is 1.80 bits per heavy atom. The molecule has 1 heterocycles. The predicted molar refractivity (Wildman–Crippen MR) is 77.1 cm³/mol. The van der Waals surface area contributed by atoms with Gasteiger partial charge in [-0.1, -0.05) is 27.7 Å². The number of hydrogen-bond donors (Lipinski definition) is 1. The average molecular weight is 363 g/mol. The Bertz CT molecular complexity index is 600. The lowest BCUT2D eigenvalue weighted by molar-refractivity contribution is -0.137. The van der Waals surface area contributed by atoms with Crippen molar-refractivity contribution in [2.45, 2.75) is 16.1 Å². The fraction of sp³-hybridized carbons (Fsp3) is 0.154. The number of nitrogens with one attached hydrogen (secondary N) is 1. The molecule has 20 heavy (non-hydrogen) atoms. The number of halogens is 4. The summed E-state index contributed by atoms with van der Waals surface area (Å²) < 4.78 is 39.3. The Hall–Kier alpha value is -1.21. The van der Waals surface area contributed by atoms with E-state index in [0.717, 1.165) is 21.5 Å². The number of rotatable bonds is 3. The number of anilines is 1. The van der Waals surface area contributed by atoms with Crippen molar-refractivity contribution in [3.05, 3.63) is 46.4 Å². The van der Waals surface area contributed by atoms with Gasteiger partial charge in [0.2, 0.25) is 0 Å². The molecule has 2 rings (SSSR count). The quantitative estimate of drug-likeness (QED) is 0.826. The largest absolute Gasteiger partial charge is 0.416 e. The van der Waals surface area contributed by atoms with Gasteiger partial charge < -0.3 is 5.32 Å². The first-order valence-corrected chi connectivity index (χ1v) is 7.20. The number of nitrogens with zero attached hydrogens (tertiary/aromatic N) is 1. The van der Waals surface area contributed by atoms with E-state index >= 15 is 0 Å². The third kappa shape index (κ3) is 3.89. The third-order valence-corrected chi connectivity index (χ3v) is 3.88. The molecule has 7 heteroatoms. The second kappa shape index (κ2) is 6.05. The number of alkyl halides is 3. The van der Waals surface area contributed by atoms with Crippen LogP contribution in [0.2, 0.25) is 0 Å². The maximum atomic E-state index is 12.8. The zero-order valence-corrected chi connectivity index (χ0v) is 12.7. The van der Waals surface area contributed by atoms with E-state index in [0.29, 0.717) is 5.03 Å². The lowest BCUT2D eigenvalue weighted by Crippen LogP contribution is -2.07. The smallest absolute Gasteiger partial charge is 0.373 e. The summed E-state index contributed by atoms with van der Waals surface area (Å²) in [6.45, 7) is 0. The molecule has 0 bridgehead atoms. The average Bonchev–Trinajstić information content (AvgIpc) is 2.40. The van der Waals surface area contributed by atoms with Crippen LogP contribution in [-0.2, 0) is 6.18 Å². The van der Waals surface area contributed by atoms with Gasteiger partial charge >= 0.3 is 6.18 Å². The summed E-state index contributed by atoms with van der Waals surface area (Å²) in [6, 6.07) is 9.33. The molecule has 0 radical (unpaired) electrons. The molecule has 2 nitrogen and oxygen atoms in total. The predicted octanol–water partition coefficient (Wildman–Crippen LogP) is 5.06. The van der Waals surface area contributed by atoms with E-state index in [9.17, 15) is 13.2 Å². The van der Waals surface area contributed by atoms with E-state index < -0.39 is 11.7 Å². The van der Waals surface area contributed by atoms with Crippen molar-refractivity contribution in [2.24, 2.45) is 0 Å². The van der Waals surface area contributed by atoms with Crippen LogP contribution in [0, 0.1) is 0 Å². The number of benzene rings is 1. The van der Waals surface area contributed by atoms with E-state index in [-0.39, 0.29) is 5.82 Å². The number of aromatic nitrogens is 1. The third-order valence-electron chi connectivity index (χ3n) is 2.42. The van der Waals surface area contributed by atoms with Gasteiger partial charge in [-0.25, -0.2) is 4.98 Å². The van der Waals surface area contributed by atoms with Crippen LogP contribution in [0.1, 0.15) is 5.56 Å². The zero-order valence-electron chi connectivity index (χ0n) is 10.3. The Morgan fingerprint density at radius 1 is 1.15 bits per heavy atom. The Morgan fingerprint density at radius 3 is 2.35 bits per heavy atom. The molecule has 1 N–H and O–H groups in total. The summed E-state index contributed by atoms with van der Waals surface area (Å²) in [6.07, 6.45) is -4.39. The minimum atomic E-state index is -4.39. The minimum Gasteiger partial charge on any atom is -0.373 e. The molecule has 0 aliphatic rings. The van der Waals surface area contributed by atoms with Crippen LogP contribution in [-0.4, -0.2) is 12.0 Å². The second-order valence-electron chi connectivity index (χ2n) is 3.88. The van der Waals surface area contributed by atoms with Crippen LogP contribution < -0.4 is 5.32 Å². The molecule has 0 spiro atoms. The first-order valence-electron chi connectivity index (χ1n) is 5.59. The molecule has 106 valence electrons. The van der Waals surface area contributed by atoms with E-state index in [1.807, 2.05) is 24.3 Å². The molecular weight excluding hydrogens is 353 g/mol. The van der Waals surface area contributed by atoms with Crippen molar-refractivity contribution in [3.63, 3.8) is 0 Å². The van der Waals surface area contributed by atoms with E-state index in [1.165, 1.54) is 18.8 Å². The van der Waals surface area contributed by atoms with Crippen molar-refractivity contribution < 1.29 is 13.2 Å². The molecule has 0 unspecified atom stereocenters. The topological polar surface area (TPSA) is 24.9 Å². The van der Waals surface area contributed by atoms with Gasteiger partial charge in [0.1, 0.15) is 10.8 Å². The monoisotopic (exact) mass is 362 g/mol. The van der Waals surface area contributed by atoms with Gasteiger partial charge in [0.25, 0.3) is 0 Å². The molecule has 1 aromatic heterocycles. The van der Waals surface area contributed by atoms with Crippen LogP contribution in [0.5, 0.6) is 0 Å². The Kier molecular flexibility index (Phi) is 4.59. The van der Waals surface area contributed by atoms with E-state index in [2.05, 4.69) is 26.2 Å². The highest BCUT2D eigenvalue weighted by molar-refractivity contribution is 9.10. The SMILES string of the molecule is CNc1cc(C(F)(F)F)cc(Sc2ccc(Br)cc2)n1. The van der Waals surface area contributed by atoms with Gasteiger partial charge in [0, 0.05) is 16.4 Å². The molecule has 0 saturated heterocycles. The lowest BCUT2D eigenvalue weighted by atomic mass is 10.2. The summed E-state index contributed by atoms with van der Waals surface area (Å²) in [4.78, 5) is 4.94. The van der Waals surface area contributed by atoms with Crippen LogP contribution >= 0.6 is 27.7 Å². The first kappa shape index (κ1) is 15.2. The maximum Gasteiger partial charge on any atom is 0.416 e. The Labute approximate surface area is 126 Å². The number of hydrogen-bond acceptors (Lipinski definition) is 3. The fourth-order valence-electron chi connectivity index (χ4n) is 1.47. The van der Waals surface area contributed by atoms with Crippen LogP contribution in [0.3, 0.4) is 0 Å². The molecule has 1 aromatic carbocycles. The summed E-state index contributed by atoms with van der Waals surface area (Å²) in [5, 5.41) is 2.94. The van der Waals surface area contributed by atoms with Crippen molar-refractivity contribution in [2.75, 3.05) is 12.4 Å². The molecular formula is C13H10BrF3N2S. The van der Waals surface area contributed by atoms with E-state index in [1.54, 1.807) is 0 Å². The molecule has 0 fully saturated rings. The highest BCUT2D eigenvalue weighted by Gasteiger charge is 2.31. The van der Waals surface area contributed by atoms with Crippen LogP contribution in [0.4, 0.5) is 19.0 Å². The fourth-order valence-corrected chi connectivity index (χ4v) is 2.58. The molecule has 0 saturated carbocycles. The molecule has 0 aliphatic carbocycles. The van der Waals surface area contributed by atoms with Gasteiger partial charge in [0.05, 0.1) is 5.56 Å². The minimum absolute atomic E-state index is 0.194. The van der Waals surface area contributed by atoms with Crippen molar-refractivity contribution in [1.82, 2.24) is 4.98 Å². The highest BCUT2D eigenvalue weighted by Crippen LogP contribution is 2.35. The van der Waals surface area contributed by atoms with Gasteiger partial charge in [0.15, 0.2) is 0 Å². The van der Waals surface area contributed by atoms with E-state index in [4.69, 9.17) is 0 Å². The second-order valence-corrected chi connectivity index (χ2v) is 5.89. The van der Waals surface area contributed by atoms with Gasteiger partial charge in [-0.3, -0.25) is 0 Å². The first-order chi connectivity index (χ1) is 9.38. The van der Waals surface area contributed by atoms with Crippen molar-refractivity contribution >= 4 is 33.5 Å². The molecule has 0 amide bonds. The Balaban J connectivity index is 2.33. The lowest BCUT2D eigenvalue weighted by Gasteiger charge is -2.11. The normalized spacial score (nSPS) is 11.4. The highest BCUT2D eigenvalue weighted by atomic mass is 79.9. The summed E-state index contributed by atoms with van der Waals surface area (Å²) in [5.74, 6) is 0.194. The van der Waals surface area contributed by atoms with Crippen molar-refractivity contribution in [3.8, 4) is 0 Å². The standard InChI is InChI=1S/C13H10BrF3N2S/c1-18-11-6-8(13(15,16)17)7-12(19-11)20-10-4-2-9(14)3-5-10/h2-7H,1H3,(H,18,19). The van der Waals surface area contributed by atoms with Crippen LogP contribution in [0.15, 0.2) is 50.8 Å². The van der Waals surface area contributed by atoms with Gasteiger partial charge in [-0.2, -0.15) is 13.2 Å². The summed E-state index contributed by atoms with van der Waals surface area (Å²) >= 11 is 4.49. The van der Waals surface area contributed by atoms with Gasteiger partial charge in [-0.05, 0) is 36.4 Å². The van der Waals surface area contributed by atoms with Gasteiger partial charge in [-0.15, -0.1) is 0 Å². The summed E-state index contributed by atoms with van der Waals surface area (Å²) in [5.41, 5.74) is -0.712. The van der Waals surface area contributed by atoms with Crippen molar-refractivity contribution in [1.29, 1.82) is 0 Å². The molecule has 2 aromatic rings. The van der Waals surface area contributed by atoms with Crippen LogP contribution in [0.25, 0.3) is 0 Å². The number of pyridine rings is 1.